The third-order valence-corrected chi connectivity index (χ3v) is 5.44. The summed E-state index contributed by atoms with van der Waals surface area (Å²) in [6, 6.07) is 10.9. The van der Waals surface area contributed by atoms with Crippen LogP contribution in [0, 0.1) is 5.95 Å². The molecule has 0 atom stereocenters. The lowest BCUT2D eigenvalue weighted by Gasteiger charge is -2.26. The molecule has 0 spiro atoms. The van der Waals surface area contributed by atoms with Crippen molar-refractivity contribution >= 4 is 5.91 Å². The van der Waals surface area contributed by atoms with E-state index in [2.05, 4.69) is 30.5 Å². The molecule has 0 unspecified atom stereocenters. The zero-order valence-electron chi connectivity index (χ0n) is 18.3. The molecule has 0 saturated carbocycles. The monoisotopic (exact) mass is 450 g/mol. The number of pyridine rings is 1. The molecule has 1 aromatic carbocycles. The van der Waals surface area contributed by atoms with E-state index in [0.29, 0.717) is 18.7 Å². The van der Waals surface area contributed by atoms with E-state index in [1.165, 1.54) is 6.20 Å². The highest BCUT2D eigenvalue weighted by atomic mass is 19.1. The molecule has 172 valence electrons. The maximum absolute atomic E-state index is 14.6. The van der Waals surface area contributed by atoms with Crippen LogP contribution >= 0.6 is 0 Å². The third kappa shape index (κ3) is 6.77. The summed E-state index contributed by atoms with van der Waals surface area (Å²) in [5, 5.41) is 6.18. The molecule has 0 aliphatic carbocycles. The van der Waals surface area contributed by atoms with Crippen molar-refractivity contribution in [1.29, 1.82) is 0 Å². The number of piperazine rings is 1. The van der Waals surface area contributed by atoms with Crippen LogP contribution < -0.4 is 15.4 Å². The van der Waals surface area contributed by atoms with Crippen molar-refractivity contribution in [3.8, 4) is 17.1 Å². The van der Waals surface area contributed by atoms with Gasteiger partial charge in [0.1, 0.15) is 6.61 Å². The molecule has 33 heavy (non-hydrogen) atoms. The number of amides is 1. The van der Waals surface area contributed by atoms with Crippen molar-refractivity contribution < 1.29 is 13.9 Å². The number of halogens is 1. The molecular formula is C24H27FN6O2. The summed E-state index contributed by atoms with van der Waals surface area (Å²) >= 11 is 0. The van der Waals surface area contributed by atoms with Crippen molar-refractivity contribution in [3.63, 3.8) is 0 Å². The smallest absolute Gasteiger partial charge is 0.319 e. The fourth-order valence-corrected chi connectivity index (χ4v) is 3.56. The van der Waals surface area contributed by atoms with E-state index < -0.39 is 5.95 Å². The summed E-state index contributed by atoms with van der Waals surface area (Å²) in [6.07, 6.45) is 5.05. The SMILES string of the molecule is O=C(Cc1ccc(-c2cnc(OCCN3CCNCC3)nc2F)cc1)NCc1ccncc1. The molecule has 3 heterocycles. The maximum atomic E-state index is 14.6. The topological polar surface area (TPSA) is 92.3 Å². The first-order valence-corrected chi connectivity index (χ1v) is 11.0. The van der Waals surface area contributed by atoms with E-state index in [-0.39, 0.29) is 23.9 Å². The van der Waals surface area contributed by atoms with E-state index in [9.17, 15) is 9.18 Å². The Morgan fingerprint density at radius 1 is 1.09 bits per heavy atom. The van der Waals surface area contributed by atoms with Crippen LogP contribution in [0.1, 0.15) is 11.1 Å². The van der Waals surface area contributed by atoms with Crippen LogP contribution in [0.25, 0.3) is 11.1 Å². The minimum Gasteiger partial charge on any atom is -0.462 e. The third-order valence-electron chi connectivity index (χ3n) is 5.44. The lowest BCUT2D eigenvalue weighted by molar-refractivity contribution is -0.120. The Morgan fingerprint density at radius 3 is 2.58 bits per heavy atom. The van der Waals surface area contributed by atoms with Crippen LogP contribution in [-0.2, 0) is 17.8 Å². The minimum absolute atomic E-state index is 0.0360. The molecular weight excluding hydrogens is 423 g/mol. The number of carbonyl (C=O) groups is 1. The number of rotatable bonds is 9. The van der Waals surface area contributed by atoms with Gasteiger partial charge in [-0.15, -0.1) is 0 Å². The normalized spacial score (nSPS) is 14.1. The summed E-state index contributed by atoms with van der Waals surface area (Å²) in [5.74, 6) is -0.721. The predicted molar refractivity (Wildman–Crippen MR) is 122 cm³/mol. The molecule has 9 heteroatoms. The maximum Gasteiger partial charge on any atom is 0.319 e. The molecule has 1 aliphatic rings. The Kier molecular flexibility index (Phi) is 7.89. The van der Waals surface area contributed by atoms with Gasteiger partial charge in [0.2, 0.25) is 11.9 Å². The second-order valence-electron chi connectivity index (χ2n) is 7.80. The zero-order valence-corrected chi connectivity index (χ0v) is 18.3. The predicted octanol–water partition coefficient (Wildman–Crippen LogP) is 1.82. The number of hydrogen-bond acceptors (Lipinski definition) is 7. The van der Waals surface area contributed by atoms with Gasteiger partial charge in [0.15, 0.2) is 0 Å². The molecule has 1 aliphatic heterocycles. The van der Waals surface area contributed by atoms with E-state index in [0.717, 1.165) is 43.9 Å². The molecule has 1 saturated heterocycles. The highest BCUT2D eigenvalue weighted by molar-refractivity contribution is 5.78. The molecule has 4 rings (SSSR count). The van der Waals surface area contributed by atoms with Crippen LogP contribution in [0.4, 0.5) is 4.39 Å². The average molecular weight is 451 g/mol. The molecule has 2 N–H and O–H groups in total. The van der Waals surface area contributed by atoms with Crippen molar-refractivity contribution in [3.05, 3.63) is 72.1 Å². The van der Waals surface area contributed by atoms with Crippen LogP contribution in [0.5, 0.6) is 6.01 Å². The largest absolute Gasteiger partial charge is 0.462 e. The highest BCUT2D eigenvalue weighted by Crippen LogP contribution is 2.22. The van der Waals surface area contributed by atoms with E-state index in [1.54, 1.807) is 36.7 Å². The fourth-order valence-electron chi connectivity index (χ4n) is 3.56. The first kappa shape index (κ1) is 22.8. The molecule has 2 aromatic heterocycles. The van der Waals surface area contributed by atoms with Crippen LogP contribution in [-0.4, -0.2) is 65.1 Å². The average Bonchev–Trinajstić information content (AvgIpc) is 2.85. The van der Waals surface area contributed by atoms with Gasteiger partial charge < -0.3 is 15.4 Å². The number of nitrogens with one attached hydrogen (secondary N) is 2. The summed E-state index contributed by atoms with van der Waals surface area (Å²) in [5.41, 5.74) is 2.75. The van der Waals surface area contributed by atoms with Crippen molar-refractivity contribution in [2.45, 2.75) is 13.0 Å². The first-order valence-electron chi connectivity index (χ1n) is 11.0. The van der Waals surface area contributed by atoms with Crippen LogP contribution in [0.15, 0.2) is 55.0 Å². The second-order valence-corrected chi connectivity index (χ2v) is 7.80. The van der Waals surface area contributed by atoms with Crippen molar-refractivity contribution in [2.24, 2.45) is 0 Å². The van der Waals surface area contributed by atoms with Gasteiger partial charge in [-0.25, -0.2) is 4.98 Å². The summed E-state index contributed by atoms with van der Waals surface area (Å²) < 4.78 is 20.1. The molecule has 1 fully saturated rings. The Morgan fingerprint density at radius 2 is 1.85 bits per heavy atom. The number of nitrogens with zero attached hydrogens (tertiary/aromatic N) is 4. The summed E-state index contributed by atoms with van der Waals surface area (Å²) in [4.78, 5) is 26.4. The summed E-state index contributed by atoms with van der Waals surface area (Å²) in [7, 11) is 0. The van der Waals surface area contributed by atoms with Gasteiger partial charge in [-0.2, -0.15) is 9.37 Å². The number of carbonyl (C=O) groups excluding carboxylic acids is 1. The Labute approximate surface area is 192 Å². The Balaban J connectivity index is 1.28. The standard InChI is InChI=1S/C24H27FN6O2/c25-23-21(17-29-24(30-23)33-14-13-31-11-9-27-10-12-31)20-3-1-18(2-4-20)15-22(32)28-16-19-5-7-26-8-6-19/h1-8,17,27H,9-16H2,(H,28,32). The van der Waals surface area contributed by atoms with Gasteiger partial charge in [0, 0.05) is 57.9 Å². The molecule has 1 amide bonds. The van der Waals surface area contributed by atoms with E-state index >= 15 is 0 Å². The number of hydrogen-bond donors (Lipinski definition) is 2. The quantitative estimate of drug-likeness (QED) is 0.481. The Hall–Kier alpha value is -3.43. The second kappa shape index (κ2) is 11.4. The lowest BCUT2D eigenvalue weighted by Crippen LogP contribution is -2.44. The molecule has 0 bridgehead atoms. The van der Waals surface area contributed by atoms with Gasteiger partial charge in [-0.05, 0) is 28.8 Å². The van der Waals surface area contributed by atoms with Gasteiger partial charge in [-0.1, -0.05) is 24.3 Å². The first-order chi connectivity index (χ1) is 16.2. The molecule has 3 aromatic rings. The lowest BCUT2D eigenvalue weighted by atomic mass is 10.0. The van der Waals surface area contributed by atoms with Crippen molar-refractivity contribution in [2.75, 3.05) is 39.3 Å². The van der Waals surface area contributed by atoms with E-state index in [4.69, 9.17) is 4.74 Å². The van der Waals surface area contributed by atoms with Crippen LogP contribution in [0.2, 0.25) is 0 Å². The van der Waals surface area contributed by atoms with Gasteiger partial charge in [0.25, 0.3) is 0 Å². The highest BCUT2D eigenvalue weighted by Gasteiger charge is 2.13. The number of aromatic nitrogens is 3. The van der Waals surface area contributed by atoms with E-state index in [1.807, 2.05) is 12.1 Å². The summed E-state index contributed by atoms with van der Waals surface area (Å²) in [6.45, 7) is 5.50. The Bertz CT molecular complexity index is 1040. The number of ether oxygens (including phenoxy) is 1. The van der Waals surface area contributed by atoms with Gasteiger partial charge >= 0.3 is 6.01 Å². The minimum atomic E-state index is -0.634. The van der Waals surface area contributed by atoms with Gasteiger partial charge in [0.05, 0.1) is 12.0 Å². The molecule has 0 radical (unpaired) electrons. The fraction of sp³-hybridized carbons (Fsp3) is 0.333. The van der Waals surface area contributed by atoms with Crippen molar-refractivity contribution in [1.82, 2.24) is 30.5 Å². The molecule has 8 nitrogen and oxygen atoms in total. The van der Waals surface area contributed by atoms with Crippen LogP contribution in [0.3, 0.4) is 0 Å². The van der Waals surface area contributed by atoms with Gasteiger partial charge in [-0.3, -0.25) is 14.7 Å². The zero-order chi connectivity index (χ0) is 22.9. The number of benzene rings is 1.